The summed E-state index contributed by atoms with van der Waals surface area (Å²) in [4.78, 5) is 25.3. The van der Waals surface area contributed by atoms with Crippen LogP contribution in [0, 0.1) is 0 Å². The third-order valence-corrected chi connectivity index (χ3v) is 1.68. The molecular weight excluding hydrogens is 166 g/mol. The predicted octanol–water partition coefficient (Wildman–Crippen LogP) is 1.63. The second-order valence-corrected chi connectivity index (χ2v) is 2.70. The summed E-state index contributed by atoms with van der Waals surface area (Å²) in [6.07, 6.45) is 3.87. The standard InChI is InChI=1S/C10H11NO2/c12-8-4-2-6-10(13)9-5-1-3-7-11-9/h1,3,5,7-8H,2,4,6H2. The quantitative estimate of drug-likeness (QED) is 0.390. The molecule has 1 aromatic rings. The summed E-state index contributed by atoms with van der Waals surface area (Å²) < 4.78 is 0. The minimum Gasteiger partial charge on any atom is -0.303 e. The Hall–Kier alpha value is -1.51. The topological polar surface area (TPSA) is 47.0 Å². The lowest BCUT2D eigenvalue weighted by atomic mass is 10.1. The fourth-order valence-electron chi connectivity index (χ4n) is 1.00. The van der Waals surface area contributed by atoms with Crippen LogP contribution in [0.5, 0.6) is 0 Å². The van der Waals surface area contributed by atoms with Crippen LogP contribution < -0.4 is 0 Å². The molecule has 0 radical (unpaired) electrons. The van der Waals surface area contributed by atoms with E-state index in [1.807, 2.05) is 0 Å². The monoisotopic (exact) mass is 177 g/mol. The van der Waals surface area contributed by atoms with Crippen LogP contribution in [-0.4, -0.2) is 17.1 Å². The third kappa shape index (κ3) is 3.15. The van der Waals surface area contributed by atoms with Gasteiger partial charge in [0.05, 0.1) is 0 Å². The maximum absolute atomic E-state index is 11.3. The van der Waals surface area contributed by atoms with E-state index in [0.29, 0.717) is 25.0 Å². The van der Waals surface area contributed by atoms with Crippen molar-refractivity contribution in [1.29, 1.82) is 0 Å². The molecule has 1 aromatic heterocycles. The normalized spacial score (nSPS) is 9.54. The zero-order valence-corrected chi connectivity index (χ0v) is 7.27. The molecule has 13 heavy (non-hydrogen) atoms. The van der Waals surface area contributed by atoms with Crippen LogP contribution in [0.15, 0.2) is 24.4 Å². The van der Waals surface area contributed by atoms with Crippen LogP contribution in [0.1, 0.15) is 29.8 Å². The molecule has 0 fully saturated rings. The van der Waals surface area contributed by atoms with Crippen LogP contribution in [-0.2, 0) is 4.79 Å². The molecule has 1 heterocycles. The average Bonchev–Trinajstić information content (AvgIpc) is 2.19. The maximum Gasteiger partial charge on any atom is 0.181 e. The maximum atomic E-state index is 11.3. The van der Waals surface area contributed by atoms with Crippen molar-refractivity contribution in [3.05, 3.63) is 30.1 Å². The number of carbonyl (C=O) groups is 2. The van der Waals surface area contributed by atoms with Gasteiger partial charge in [-0.2, -0.15) is 0 Å². The van der Waals surface area contributed by atoms with Crippen molar-refractivity contribution < 1.29 is 9.59 Å². The molecular formula is C10H11NO2. The van der Waals surface area contributed by atoms with E-state index in [4.69, 9.17) is 0 Å². The minimum atomic E-state index is 0.00227. The first kappa shape index (κ1) is 9.58. The van der Waals surface area contributed by atoms with Gasteiger partial charge in [-0.1, -0.05) is 6.07 Å². The molecule has 0 N–H and O–H groups in total. The molecule has 68 valence electrons. The summed E-state index contributed by atoms with van der Waals surface area (Å²) in [6, 6.07) is 5.23. The highest BCUT2D eigenvalue weighted by Crippen LogP contribution is 2.02. The SMILES string of the molecule is O=CCCCC(=O)c1ccccn1. The average molecular weight is 177 g/mol. The zero-order valence-electron chi connectivity index (χ0n) is 7.27. The van der Waals surface area contributed by atoms with Crippen molar-refractivity contribution in [3.8, 4) is 0 Å². The Morgan fingerprint density at radius 2 is 2.31 bits per heavy atom. The molecule has 0 spiro atoms. The van der Waals surface area contributed by atoms with E-state index in [1.165, 1.54) is 0 Å². The van der Waals surface area contributed by atoms with Crippen LogP contribution in [0.2, 0.25) is 0 Å². The van der Waals surface area contributed by atoms with E-state index < -0.39 is 0 Å². The molecule has 0 saturated heterocycles. The number of rotatable bonds is 5. The van der Waals surface area contributed by atoms with E-state index >= 15 is 0 Å². The summed E-state index contributed by atoms with van der Waals surface area (Å²) in [5.74, 6) is 0.00227. The number of pyridine rings is 1. The molecule has 0 amide bonds. The number of aromatic nitrogens is 1. The molecule has 0 saturated carbocycles. The van der Waals surface area contributed by atoms with Gasteiger partial charge in [0.15, 0.2) is 5.78 Å². The van der Waals surface area contributed by atoms with E-state index in [-0.39, 0.29) is 5.78 Å². The van der Waals surface area contributed by atoms with E-state index in [1.54, 1.807) is 24.4 Å². The van der Waals surface area contributed by atoms with Gasteiger partial charge in [-0.3, -0.25) is 9.78 Å². The van der Waals surface area contributed by atoms with Gasteiger partial charge in [-0.15, -0.1) is 0 Å². The zero-order chi connectivity index (χ0) is 9.52. The number of aldehydes is 1. The number of hydrogen-bond acceptors (Lipinski definition) is 3. The first-order chi connectivity index (χ1) is 6.34. The number of nitrogens with zero attached hydrogens (tertiary/aromatic N) is 1. The Morgan fingerprint density at radius 3 is 2.92 bits per heavy atom. The van der Waals surface area contributed by atoms with Gasteiger partial charge in [0, 0.05) is 19.0 Å². The van der Waals surface area contributed by atoms with Crippen LogP contribution in [0.4, 0.5) is 0 Å². The molecule has 0 aromatic carbocycles. The Labute approximate surface area is 76.8 Å². The molecule has 0 unspecified atom stereocenters. The largest absolute Gasteiger partial charge is 0.303 e. The first-order valence-electron chi connectivity index (χ1n) is 4.22. The van der Waals surface area contributed by atoms with Crippen LogP contribution in [0.3, 0.4) is 0 Å². The van der Waals surface area contributed by atoms with Crippen molar-refractivity contribution in [2.45, 2.75) is 19.3 Å². The third-order valence-electron chi connectivity index (χ3n) is 1.68. The van der Waals surface area contributed by atoms with Gasteiger partial charge in [0.2, 0.25) is 0 Å². The lowest BCUT2D eigenvalue weighted by Crippen LogP contribution is -2.01. The van der Waals surface area contributed by atoms with Crippen molar-refractivity contribution in [2.75, 3.05) is 0 Å². The van der Waals surface area contributed by atoms with Gasteiger partial charge >= 0.3 is 0 Å². The van der Waals surface area contributed by atoms with Crippen molar-refractivity contribution in [3.63, 3.8) is 0 Å². The highest BCUT2D eigenvalue weighted by molar-refractivity contribution is 5.94. The lowest BCUT2D eigenvalue weighted by Gasteiger charge is -1.96. The second-order valence-electron chi connectivity index (χ2n) is 2.70. The first-order valence-corrected chi connectivity index (χ1v) is 4.22. The molecule has 0 bridgehead atoms. The highest BCUT2D eigenvalue weighted by atomic mass is 16.1. The number of hydrogen-bond donors (Lipinski definition) is 0. The smallest absolute Gasteiger partial charge is 0.181 e. The number of Topliss-reactive ketones (excluding diaryl/α,β-unsaturated/α-hetero) is 1. The Kier molecular flexibility index (Phi) is 3.82. The predicted molar refractivity (Wildman–Crippen MR) is 48.5 cm³/mol. The summed E-state index contributed by atoms with van der Waals surface area (Å²) in [5, 5.41) is 0. The Bertz CT molecular complexity index is 282. The van der Waals surface area contributed by atoms with Crippen molar-refractivity contribution >= 4 is 12.1 Å². The van der Waals surface area contributed by atoms with Crippen molar-refractivity contribution in [1.82, 2.24) is 4.98 Å². The fraction of sp³-hybridized carbons (Fsp3) is 0.300. The highest BCUT2D eigenvalue weighted by Gasteiger charge is 2.04. The Morgan fingerprint density at radius 1 is 1.46 bits per heavy atom. The van der Waals surface area contributed by atoms with E-state index in [2.05, 4.69) is 4.98 Å². The molecule has 0 atom stereocenters. The molecule has 3 heteroatoms. The molecule has 0 aliphatic heterocycles. The second kappa shape index (κ2) is 5.19. The van der Waals surface area contributed by atoms with Gasteiger partial charge in [-0.25, -0.2) is 0 Å². The van der Waals surface area contributed by atoms with Gasteiger partial charge in [0.25, 0.3) is 0 Å². The fourth-order valence-corrected chi connectivity index (χ4v) is 1.00. The molecule has 1 rings (SSSR count). The summed E-state index contributed by atoms with van der Waals surface area (Å²) in [7, 11) is 0. The minimum absolute atomic E-state index is 0.00227. The van der Waals surface area contributed by atoms with Gasteiger partial charge in [-0.05, 0) is 18.6 Å². The molecule has 0 aliphatic carbocycles. The van der Waals surface area contributed by atoms with E-state index in [0.717, 1.165) is 6.29 Å². The summed E-state index contributed by atoms with van der Waals surface area (Å²) in [6.45, 7) is 0. The van der Waals surface area contributed by atoms with Crippen LogP contribution >= 0.6 is 0 Å². The van der Waals surface area contributed by atoms with Gasteiger partial charge < -0.3 is 4.79 Å². The molecule has 0 aliphatic rings. The summed E-state index contributed by atoms with van der Waals surface area (Å²) in [5.41, 5.74) is 0.480. The number of unbranched alkanes of at least 4 members (excludes halogenated alkanes) is 1. The van der Waals surface area contributed by atoms with Crippen LogP contribution in [0.25, 0.3) is 0 Å². The number of carbonyl (C=O) groups excluding carboxylic acids is 2. The Balaban J connectivity index is 2.45. The van der Waals surface area contributed by atoms with E-state index in [9.17, 15) is 9.59 Å². The van der Waals surface area contributed by atoms with Gasteiger partial charge in [0.1, 0.15) is 12.0 Å². The summed E-state index contributed by atoms with van der Waals surface area (Å²) >= 11 is 0. The number of ketones is 1. The lowest BCUT2D eigenvalue weighted by molar-refractivity contribution is -0.107. The molecule has 3 nitrogen and oxygen atoms in total. The van der Waals surface area contributed by atoms with Crippen molar-refractivity contribution in [2.24, 2.45) is 0 Å².